The SMILES string of the molecule is O=C(Nc1cccc(CCCO)c1)c1ccc(O)c(Cl)c1. The molecule has 5 heteroatoms. The Morgan fingerprint density at radius 3 is 2.71 bits per heavy atom. The number of aliphatic hydroxyl groups is 1. The highest BCUT2D eigenvalue weighted by Gasteiger charge is 2.09. The second-order valence-corrected chi connectivity index (χ2v) is 5.06. The summed E-state index contributed by atoms with van der Waals surface area (Å²) in [6.45, 7) is 0.141. The van der Waals surface area contributed by atoms with Gasteiger partial charge in [0.2, 0.25) is 0 Å². The standard InChI is InChI=1S/C16H16ClNO3/c17-14-10-12(6-7-15(14)20)16(21)18-13-5-1-3-11(9-13)4-2-8-19/h1,3,5-7,9-10,19-20H,2,4,8H2,(H,18,21). The molecule has 0 aliphatic carbocycles. The number of carbonyl (C=O) groups is 1. The van der Waals surface area contributed by atoms with Crippen molar-refractivity contribution in [3.8, 4) is 5.75 Å². The van der Waals surface area contributed by atoms with Crippen LogP contribution >= 0.6 is 11.6 Å². The van der Waals surface area contributed by atoms with Gasteiger partial charge in [-0.25, -0.2) is 0 Å². The molecule has 0 radical (unpaired) electrons. The number of hydrogen-bond donors (Lipinski definition) is 3. The van der Waals surface area contributed by atoms with E-state index >= 15 is 0 Å². The highest BCUT2D eigenvalue weighted by atomic mass is 35.5. The highest BCUT2D eigenvalue weighted by molar-refractivity contribution is 6.32. The lowest BCUT2D eigenvalue weighted by atomic mass is 10.1. The summed E-state index contributed by atoms with van der Waals surface area (Å²) in [6, 6.07) is 11.8. The van der Waals surface area contributed by atoms with Crippen LogP contribution < -0.4 is 5.32 Å². The van der Waals surface area contributed by atoms with Crippen molar-refractivity contribution in [2.75, 3.05) is 11.9 Å². The number of aryl methyl sites for hydroxylation is 1. The number of aromatic hydroxyl groups is 1. The van der Waals surface area contributed by atoms with Crippen molar-refractivity contribution in [2.45, 2.75) is 12.8 Å². The van der Waals surface area contributed by atoms with Crippen molar-refractivity contribution >= 4 is 23.2 Å². The van der Waals surface area contributed by atoms with Gasteiger partial charge in [0.15, 0.2) is 0 Å². The molecule has 4 nitrogen and oxygen atoms in total. The Bertz CT molecular complexity index is 643. The van der Waals surface area contributed by atoms with E-state index < -0.39 is 0 Å². The van der Waals surface area contributed by atoms with Crippen LogP contribution in [0.2, 0.25) is 5.02 Å². The number of hydrogen-bond acceptors (Lipinski definition) is 3. The van der Waals surface area contributed by atoms with Crippen LogP contribution in [0.3, 0.4) is 0 Å². The minimum absolute atomic E-state index is 0.0563. The Labute approximate surface area is 128 Å². The molecular formula is C16H16ClNO3. The number of carbonyl (C=O) groups excluding carboxylic acids is 1. The fourth-order valence-electron chi connectivity index (χ4n) is 1.94. The lowest BCUT2D eigenvalue weighted by Gasteiger charge is -2.08. The van der Waals surface area contributed by atoms with E-state index in [4.69, 9.17) is 16.7 Å². The third kappa shape index (κ3) is 4.21. The molecule has 2 aromatic carbocycles. The molecule has 0 bridgehead atoms. The van der Waals surface area contributed by atoms with Crippen molar-refractivity contribution in [3.05, 3.63) is 58.6 Å². The Kier molecular flexibility index (Phi) is 5.20. The molecule has 3 N–H and O–H groups in total. The minimum atomic E-state index is -0.295. The molecule has 110 valence electrons. The van der Waals surface area contributed by atoms with Crippen LogP contribution in [-0.2, 0) is 6.42 Å². The summed E-state index contributed by atoms with van der Waals surface area (Å²) in [5, 5.41) is 21.1. The summed E-state index contributed by atoms with van der Waals surface area (Å²) < 4.78 is 0. The predicted molar refractivity (Wildman–Crippen MR) is 82.9 cm³/mol. The maximum atomic E-state index is 12.1. The van der Waals surface area contributed by atoms with Crippen molar-refractivity contribution in [3.63, 3.8) is 0 Å². The van der Waals surface area contributed by atoms with Gasteiger partial charge in [-0.15, -0.1) is 0 Å². The molecular weight excluding hydrogens is 290 g/mol. The van der Waals surface area contributed by atoms with E-state index in [1.54, 1.807) is 6.07 Å². The quantitative estimate of drug-likeness (QED) is 0.794. The fourth-order valence-corrected chi connectivity index (χ4v) is 2.12. The van der Waals surface area contributed by atoms with Gasteiger partial charge in [-0.2, -0.15) is 0 Å². The summed E-state index contributed by atoms with van der Waals surface area (Å²) in [5.74, 6) is -0.351. The molecule has 0 atom stereocenters. The van der Waals surface area contributed by atoms with Gasteiger partial charge in [0.1, 0.15) is 5.75 Å². The number of anilines is 1. The maximum Gasteiger partial charge on any atom is 0.255 e. The van der Waals surface area contributed by atoms with Crippen LogP contribution in [0.25, 0.3) is 0 Å². The summed E-state index contributed by atoms with van der Waals surface area (Å²) in [4.78, 5) is 12.1. The fraction of sp³-hybridized carbons (Fsp3) is 0.188. The first kappa shape index (κ1) is 15.4. The molecule has 21 heavy (non-hydrogen) atoms. The van der Waals surface area contributed by atoms with Crippen LogP contribution in [0.5, 0.6) is 5.75 Å². The van der Waals surface area contributed by atoms with E-state index in [-0.39, 0.29) is 23.3 Å². The maximum absolute atomic E-state index is 12.1. The highest BCUT2D eigenvalue weighted by Crippen LogP contribution is 2.24. The average molecular weight is 306 g/mol. The lowest BCUT2D eigenvalue weighted by Crippen LogP contribution is -2.11. The number of phenolic OH excluding ortho intramolecular Hbond substituents is 1. The van der Waals surface area contributed by atoms with Crippen LogP contribution in [0.1, 0.15) is 22.3 Å². The van der Waals surface area contributed by atoms with Crippen molar-refractivity contribution in [1.82, 2.24) is 0 Å². The zero-order valence-electron chi connectivity index (χ0n) is 11.3. The van der Waals surface area contributed by atoms with Crippen LogP contribution in [0.15, 0.2) is 42.5 Å². The monoisotopic (exact) mass is 305 g/mol. The Balaban J connectivity index is 2.10. The minimum Gasteiger partial charge on any atom is -0.506 e. The normalized spacial score (nSPS) is 10.4. The van der Waals surface area contributed by atoms with E-state index in [9.17, 15) is 9.90 Å². The average Bonchev–Trinajstić information content (AvgIpc) is 2.48. The number of halogens is 1. The summed E-state index contributed by atoms with van der Waals surface area (Å²) >= 11 is 5.79. The lowest BCUT2D eigenvalue weighted by molar-refractivity contribution is 0.102. The summed E-state index contributed by atoms with van der Waals surface area (Å²) in [6.07, 6.45) is 1.44. The molecule has 0 fully saturated rings. The smallest absolute Gasteiger partial charge is 0.255 e. The topological polar surface area (TPSA) is 69.6 Å². The van der Waals surface area contributed by atoms with Gasteiger partial charge in [0.25, 0.3) is 5.91 Å². The summed E-state index contributed by atoms with van der Waals surface area (Å²) in [5.41, 5.74) is 2.10. The second kappa shape index (κ2) is 7.11. The molecule has 1 amide bonds. The van der Waals surface area contributed by atoms with Gasteiger partial charge in [-0.1, -0.05) is 23.7 Å². The zero-order chi connectivity index (χ0) is 15.2. The molecule has 0 saturated carbocycles. The van der Waals surface area contributed by atoms with Gasteiger partial charge in [-0.3, -0.25) is 4.79 Å². The zero-order valence-corrected chi connectivity index (χ0v) is 12.1. The van der Waals surface area contributed by atoms with Gasteiger partial charge < -0.3 is 15.5 Å². The number of aliphatic hydroxyl groups excluding tert-OH is 1. The van der Waals surface area contributed by atoms with E-state index in [0.717, 1.165) is 12.0 Å². The molecule has 0 aliphatic rings. The van der Waals surface area contributed by atoms with Crippen molar-refractivity contribution in [2.24, 2.45) is 0 Å². The molecule has 0 spiro atoms. The Hall–Kier alpha value is -2.04. The van der Waals surface area contributed by atoms with Crippen LogP contribution in [0, 0.1) is 0 Å². The van der Waals surface area contributed by atoms with E-state index in [2.05, 4.69) is 5.32 Å². The number of benzene rings is 2. The molecule has 0 aliphatic heterocycles. The van der Waals surface area contributed by atoms with Crippen molar-refractivity contribution < 1.29 is 15.0 Å². The second-order valence-electron chi connectivity index (χ2n) is 4.65. The first-order valence-corrected chi connectivity index (χ1v) is 6.97. The van der Waals surface area contributed by atoms with E-state index in [1.165, 1.54) is 18.2 Å². The molecule has 0 heterocycles. The third-order valence-electron chi connectivity index (χ3n) is 3.02. The molecule has 2 rings (SSSR count). The molecule has 2 aromatic rings. The predicted octanol–water partition coefficient (Wildman–Crippen LogP) is 3.22. The molecule has 0 saturated heterocycles. The Morgan fingerprint density at radius 2 is 2.00 bits per heavy atom. The van der Waals surface area contributed by atoms with Gasteiger partial charge >= 0.3 is 0 Å². The van der Waals surface area contributed by atoms with E-state index in [0.29, 0.717) is 17.7 Å². The van der Waals surface area contributed by atoms with Gasteiger partial charge in [-0.05, 0) is 48.7 Å². The number of amides is 1. The number of phenols is 1. The number of rotatable bonds is 5. The first-order chi connectivity index (χ1) is 10.1. The van der Waals surface area contributed by atoms with Crippen LogP contribution in [0.4, 0.5) is 5.69 Å². The summed E-state index contributed by atoms with van der Waals surface area (Å²) in [7, 11) is 0. The van der Waals surface area contributed by atoms with Gasteiger partial charge in [0, 0.05) is 17.9 Å². The van der Waals surface area contributed by atoms with E-state index in [1.807, 2.05) is 18.2 Å². The molecule has 0 unspecified atom stereocenters. The third-order valence-corrected chi connectivity index (χ3v) is 3.32. The largest absolute Gasteiger partial charge is 0.506 e. The Morgan fingerprint density at radius 1 is 1.19 bits per heavy atom. The number of nitrogens with one attached hydrogen (secondary N) is 1. The van der Waals surface area contributed by atoms with Crippen molar-refractivity contribution in [1.29, 1.82) is 0 Å². The molecule has 0 aromatic heterocycles. The first-order valence-electron chi connectivity index (χ1n) is 6.60. The van der Waals surface area contributed by atoms with Gasteiger partial charge in [0.05, 0.1) is 5.02 Å². The van der Waals surface area contributed by atoms with Crippen LogP contribution in [-0.4, -0.2) is 22.7 Å².